The summed E-state index contributed by atoms with van der Waals surface area (Å²) in [5, 5.41) is 8.11. The maximum atomic E-state index is 5.48. The van der Waals surface area contributed by atoms with Gasteiger partial charge in [-0.15, -0.1) is 0 Å². The van der Waals surface area contributed by atoms with Crippen LogP contribution in [-0.4, -0.2) is 14.9 Å². The van der Waals surface area contributed by atoms with Crippen molar-refractivity contribution in [3.63, 3.8) is 0 Å². The van der Waals surface area contributed by atoms with E-state index in [1.165, 1.54) is 0 Å². The van der Waals surface area contributed by atoms with Crippen LogP contribution in [0.25, 0.3) is 16.9 Å². The molecule has 0 unspecified atom stereocenters. The van der Waals surface area contributed by atoms with Gasteiger partial charge in [0.2, 0.25) is 5.88 Å². The molecule has 17 heavy (non-hydrogen) atoms. The van der Waals surface area contributed by atoms with Crippen molar-refractivity contribution in [1.82, 2.24) is 14.9 Å². The van der Waals surface area contributed by atoms with E-state index in [-0.39, 0.29) is 0 Å². The molecule has 1 aromatic carbocycles. The van der Waals surface area contributed by atoms with Crippen LogP contribution in [0.1, 0.15) is 0 Å². The Hall–Kier alpha value is -2.56. The van der Waals surface area contributed by atoms with Gasteiger partial charge >= 0.3 is 0 Å². The van der Waals surface area contributed by atoms with Gasteiger partial charge in [-0.05, 0) is 12.1 Å². The van der Waals surface area contributed by atoms with Crippen molar-refractivity contribution in [3.8, 4) is 16.9 Å². The molecule has 0 saturated carbocycles. The average Bonchev–Trinajstić information content (AvgIpc) is 2.98. The second kappa shape index (κ2) is 3.79. The Labute approximate surface area is 97.5 Å². The lowest BCUT2D eigenvalue weighted by Gasteiger charge is -1.98. The Morgan fingerprint density at radius 2 is 2.00 bits per heavy atom. The number of aromatic nitrogens is 3. The van der Waals surface area contributed by atoms with Gasteiger partial charge in [-0.1, -0.05) is 23.4 Å². The Morgan fingerprint density at radius 3 is 2.71 bits per heavy atom. The first-order valence-electron chi connectivity index (χ1n) is 5.15. The summed E-state index contributed by atoms with van der Waals surface area (Å²) >= 11 is 0. The van der Waals surface area contributed by atoms with Gasteiger partial charge in [-0.25, -0.2) is 4.68 Å². The summed E-state index contributed by atoms with van der Waals surface area (Å²) in [6, 6.07) is 11.5. The first-order valence-corrected chi connectivity index (χ1v) is 5.15. The molecule has 0 aliphatic rings. The summed E-state index contributed by atoms with van der Waals surface area (Å²) in [7, 11) is 0. The lowest BCUT2D eigenvalue weighted by Crippen LogP contribution is -1.92. The van der Waals surface area contributed by atoms with Crippen LogP contribution >= 0.6 is 0 Å². The van der Waals surface area contributed by atoms with E-state index in [0.717, 1.165) is 11.3 Å². The molecule has 0 saturated heterocycles. The number of rotatable bonds is 2. The number of hydrogen-bond donors (Lipinski definition) is 1. The topological polar surface area (TPSA) is 69.9 Å². The summed E-state index contributed by atoms with van der Waals surface area (Å²) in [5.41, 5.74) is 8.03. The van der Waals surface area contributed by atoms with Gasteiger partial charge in [0.05, 0.1) is 11.9 Å². The fraction of sp³-hybridized carbons (Fsp3) is 0. The van der Waals surface area contributed by atoms with E-state index in [9.17, 15) is 0 Å². The predicted molar refractivity (Wildman–Crippen MR) is 63.5 cm³/mol. The molecule has 2 aromatic heterocycles. The third-order valence-corrected chi connectivity index (χ3v) is 2.43. The van der Waals surface area contributed by atoms with Gasteiger partial charge < -0.3 is 10.3 Å². The van der Waals surface area contributed by atoms with E-state index in [2.05, 4.69) is 10.3 Å². The number of benzene rings is 1. The molecule has 5 heteroatoms. The normalized spacial score (nSPS) is 10.6. The molecule has 0 aliphatic heterocycles. The van der Waals surface area contributed by atoms with Gasteiger partial charge in [0.15, 0.2) is 0 Å². The fourth-order valence-electron chi connectivity index (χ4n) is 1.60. The number of hydrogen-bond acceptors (Lipinski definition) is 4. The van der Waals surface area contributed by atoms with E-state index in [1.807, 2.05) is 36.5 Å². The lowest BCUT2D eigenvalue weighted by atomic mass is 10.2. The highest BCUT2D eigenvalue weighted by atomic mass is 16.5. The smallest absolute Gasteiger partial charge is 0.222 e. The zero-order valence-electron chi connectivity index (χ0n) is 8.95. The molecule has 2 N–H and O–H groups in total. The van der Waals surface area contributed by atoms with Gasteiger partial charge in [0, 0.05) is 17.8 Å². The minimum absolute atomic E-state index is 0.299. The van der Waals surface area contributed by atoms with E-state index in [0.29, 0.717) is 11.6 Å². The first kappa shape index (κ1) is 9.65. The average molecular weight is 226 g/mol. The van der Waals surface area contributed by atoms with Crippen molar-refractivity contribution in [2.45, 2.75) is 0 Å². The van der Waals surface area contributed by atoms with E-state index < -0.39 is 0 Å². The molecule has 0 spiro atoms. The highest BCUT2D eigenvalue weighted by molar-refractivity contribution is 5.59. The van der Waals surface area contributed by atoms with Crippen LogP contribution in [0.5, 0.6) is 0 Å². The highest BCUT2D eigenvalue weighted by Gasteiger charge is 2.07. The third-order valence-electron chi connectivity index (χ3n) is 2.43. The van der Waals surface area contributed by atoms with Crippen LogP contribution in [0.2, 0.25) is 0 Å². The Morgan fingerprint density at radius 1 is 1.18 bits per heavy atom. The van der Waals surface area contributed by atoms with E-state index >= 15 is 0 Å². The SMILES string of the molecule is Nc1cc(-c2cnn(-c3ccccc3)c2)no1. The van der Waals surface area contributed by atoms with Crippen LogP contribution in [0.4, 0.5) is 5.88 Å². The molecule has 5 nitrogen and oxygen atoms in total. The monoisotopic (exact) mass is 226 g/mol. The van der Waals surface area contributed by atoms with Gasteiger partial charge in [-0.3, -0.25) is 0 Å². The van der Waals surface area contributed by atoms with Gasteiger partial charge in [0.25, 0.3) is 0 Å². The molecule has 84 valence electrons. The molecule has 0 amide bonds. The number of nitrogens with zero attached hydrogens (tertiary/aromatic N) is 3. The van der Waals surface area contributed by atoms with Crippen LogP contribution in [0, 0.1) is 0 Å². The van der Waals surface area contributed by atoms with Crippen molar-refractivity contribution >= 4 is 5.88 Å². The Balaban J connectivity index is 1.99. The highest BCUT2D eigenvalue weighted by Crippen LogP contribution is 2.20. The maximum absolute atomic E-state index is 5.48. The molecule has 0 aliphatic carbocycles. The van der Waals surface area contributed by atoms with Crippen LogP contribution < -0.4 is 5.73 Å². The Kier molecular flexibility index (Phi) is 2.15. The molecular weight excluding hydrogens is 216 g/mol. The molecule has 3 aromatic rings. The molecule has 3 rings (SSSR count). The fourth-order valence-corrected chi connectivity index (χ4v) is 1.60. The quantitative estimate of drug-likeness (QED) is 0.726. The summed E-state index contributed by atoms with van der Waals surface area (Å²) < 4.78 is 6.60. The van der Waals surface area contributed by atoms with Gasteiger partial charge in [0.1, 0.15) is 5.69 Å². The van der Waals surface area contributed by atoms with E-state index in [4.69, 9.17) is 10.3 Å². The Bertz CT molecular complexity index is 627. The second-order valence-corrected chi connectivity index (χ2v) is 3.62. The molecular formula is C12H10N4O. The summed E-state index contributed by atoms with van der Waals surface area (Å²) in [6.45, 7) is 0. The van der Waals surface area contributed by atoms with Crippen LogP contribution in [0.15, 0.2) is 53.3 Å². The summed E-state index contributed by atoms with van der Waals surface area (Å²) in [5.74, 6) is 0.299. The van der Waals surface area contributed by atoms with Crippen molar-refractivity contribution < 1.29 is 4.52 Å². The van der Waals surface area contributed by atoms with Crippen molar-refractivity contribution in [1.29, 1.82) is 0 Å². The molecule has 0 bridgehead atoms. The first-order chi connectivity index (χ1) is 8.33. The maximum Gasteiger partial charge on any atom is 0.222 e. The minimum atomic E-state index is 0.299. The summed E-state index contributed by atoms with van der Waals surface area (Å²) in [4.78, 5) is 0. The number of nitrogens with two attached hydrogens (primary N) is 1. The molecule has 0 atom stereocenters. The third kappa shape index (κ3) is 1.78. The minimum Gasteiger partial charge on any atom is -0.368 e. The standard InChI is InChI=1S/C12H10N4O/c13-12-6-11(15-17-12)9-7-14-16(8-9)10-4-2-1-3-5-10/h1-8H,13H2. The van der Waals surface area contributed by atoms with Crippen molar-refractivity contribution in [3.05, 3.63) is 48.8 Å². The van der Waals surface area contributed by atoms with E-state index in [1.54, 1.807) is 16.9 Å². The largest absolute Gasteiger partial charge is 0.368 e. The summed E-state index contributed by atoms with van der Waals surface area (Å²) in [6.07, 6.45) is 3.61. The number of nitrogen functional groups attached to an aromatic ring is 1. The van der Waals surface area contributed by atoms with Crippen LogP contribution in [0.3, 0.4) is 0 Å². The zero-order valence-corrected chi connectivity index (χ0v) is 8.95. The predicted octanol–water partition coefficient (Wildman–Crippen LogP) is 2.11. The second-order valence-electron chi connectivity index (χ2n) is 3.62. The molecule has 0 radical (unpaired) electrons. The zero-order chi connectivity index (χ0) is 11.7. The molecule has 2 heterocycles. The number of para-hydroxylation sites is 1. The molecule has 0 fully saturated rings. The lowest BCUT2D eigenvalue weighted by molar-refractivity contribution is 0.439. The van der Waals surface area contributed by atoms with Crippen LogP contribution in [-0.2, 0) is 0 Å². The van der Waals surface area contributed by atoms with Crippen molar-refractivity contribution in [2.24, 2.45) is 0 Å². The van der Waals surface area contributed by atoms with Gasteiger partial charge in [-0.2, -0.15) is 5.10 Å². The van der Waals surface area contributed by atoms with Crippen molar-refractivity contribution in [2.75, 3.05) is 5.73 Å². The number of anilines is 1.